The molecule has 0 radical (unpaired) electrons. The van der Waals surface area contributed by atoms with Crippen LogP contribution in [0.1, 0.15) is 11.8 Å². The Labute approximate surface area is 162 Å². The molecule has 2 aromatic heterocycles. The molecule has 0 spiro atoms. The lowest BCUT2D eigenvalue weighted by molar-refractivity contribution is 0.216. The van der Waals surface area contributed by atoms with E-state index in [1.54, 1.807) is 30.6 Å². The van der Waals surface area contributed by atoms with Crippen molar-refractivity contribution < 1.29 is 22.4 Å². The highest BCUT2D eigenvalue weighted by Gasteiger charge is 2.40. The van der Waals surface area contributed by atoms with E-state index in [0.29, 0.717) is 23.2 Å². The Bertz CT molecular complexity index is 1080. The van der Waals surface area contributed by atoms with E-state index < -0.39 is 10.0 Å². The van der Waals surface area contributed by atoms with Crippen molar-refractivity contribution in [1.82, 2.24) is 19.4 Å². The van der Waals surface area contributed by atoms with Gasteiger partial charge in [-0.15, -0.1) is 0 Å². The van der Waals surface area contributed by atoms with E-state index in [2.05, 4.69) is 15.1 Å². The molecule has 0 amide bonds. The molecule has 10 heteroatoms. The Morgan fingerprint density at radius 2 is 1.79 bits per heavy atom. The molecular weight excluding hydrogens is 384 g/mol. The summed E-state index contributed by atoms with van der Waals surface area (Å²) in [5.74, 6) is 1.57. The first-order chi connectivity index (χ1) is 13.5. The van der Waals surface area contributed by atoms with Crippen LogP contribution >= 0.6 is 0 Å². The van der Waals surface area contributed by atoms with Crippen molar-refractivity contribution in [2.24, 2.45) is 0 Å². The second-order valence-electron chi connectivity index (χ2n) is 6.23. The van der Waals surface area contributed by atoms with Gasteiger partial charge in [0.05, 0.1) is 25.0 Å². The van der Waals surface area contributed by atoms with Gasteiger partial charge in [-0.1, -0.05) is 5.16 Å². The normalized spacial score (nSPS) is 15.2. The lowest BCUT2D eigenvalue weighted by atomic mass is 10.0. The fourth-order valence-corrected chi connectivity index (χ4v) is 4.48. The second kappa shape index (κ2) is 7.21. The number of hydrogen-bond acceptors (Lipinski definition) is 8. The highest BCUT2D eigenvalue weighted by atomic mass is 32.2. The Morgan fingerprint density at radius 1 is 1.07 bits per heavy atom. The maximum Gasteiger partial charge on any atom is 0.243 e. The smallest absolute Gasteiger partial charge is 0.243 e. The van der Waals surface area contributed by atoms with E-state index >= 15 is 0 Å². The van der Waals surface area contributed by atoms with Crippen molar-refractivity contribution in [3.8, 4) is 22.9 Å². The van der Waals surface area contributed by atoms with Crippen LogP contribution < -0.4 is 9.47 Å². The summed E-state index contributed by atoms with van der Waals surface area (Å²) in [6.45, 7) is 0.545. The highest BCUT2D eigenvalue weighted by molar-refractivity contribution is 7.89. The maximum absolute atomic E-state index is 12.8. The molecule has 28 heavy (non-hydrogen) atoms. The lowest BCUT2D eigenvalue weighted by Gasteiger charge is -2.35. The van der Waals surface area contributed by atoms with Gasteiger partial charge in [-0.2, -0.15) is 9.29 Å². The quantitative estimate of drug-likeness (QED) is 0.616. The van der Waals surface area contributed by atoms with Crippen LogP contribution in [-0.4, -0.2) is 55.2 Å². The number of benzene rings is 1. The first-order valence-corrected chi connectivity index (χ1v) is 9.93. The Hall–Kier alpha value is -2.98. The third-order valence-corrected chi connectivity index (χ3v) is 6.40. The molecule has 9 nitrogen and oxygen atoms in total. The van der Waals surface area contributed by atoms with Gasteiger partial charge in [0.25, 0.3) is 0 Å². The lowest BCUT2D eigenvalue weighted by Crippen LogP contribution is -2.48. The molecule has 1 fully saturated rings. The van der Waals surface area contributed by atoms with E-state index in [4.69, 9.17) is 14.0 Å². The number of ether oxygens (including phenoxy) is 2. The zero-order chi connectivity index (χ0) is 19.7. The minimum Gasteiger partial charge on any atom is -0.493 e. The van der Waals surface area contributed by atoms with Gasteiger partial charge in [0.1, 0.15) is 0 Å². The molecule has 0 N–H and O–H groups in total. The molecule has 3 heterocycles. The van der Waals surface area contributed by atoms with E-state index in [0.717, 1.165) is 5.56 Å². The summed E-state index contributed by atoms with van der Waals surface area (Å²) in [6.07, 6.45) is 3.29. The summed E-state index contributed by atoms with van der Waals surface area (Å²) in [6, 6.07) is 8.09. The van der Waals surface area contributed by atoms with Crippen molar-refractivity contribution in [1.29, 1.82) is 0 Å². The van der Waals surface area contributed by atoms with Crippen LogP contribution in [-0.2, 0) is 10.0 Å². The Balaban J connectivity index is 1.48. The maximum atomic E-state index is 12.8. The SMILES string of the molecule is COc1ccc(S(=O)(=O)N2CC(c3nc(-c4ccncc4)no3)C2)cc1OC. The summed E-state index contributed by atoms with van der Waals surface area (Å²) in [5.41, 5.74) is 0.791. The molecule has 0 unspecified atom stereocenters. The monoisotopic (exact) mass is 402 g/mol. The molecule has 1 saturated heterocycles. The summed E-state index contributed by atoms with van der Waals surface area (Å²) >= 11 is 0. The molecule has 146 valence electrons. The fourth-order valence-electron chi connectivity index (χ4n) is 2.94. The Kier molecular flexibility index (Phi) is 4.73. The van der Waals surface area contributed by atoms with Crippen LogP contribution in [0.25, 0.3) is 11.4 Å². The summed E-state index contributed by atoms with van der Waals surface area (Å²) in [4.78, 5) is 8.48. The van der Waals surface area contributed by atoms with Crippen molar-refractivity contribution in [2.45, 2.75) is 10.8 Å². The van der Waals surface area contributed by atoms with Gasteiger partial charge < -0.3 is 14.0 Å². The molecule has 1 aliphatic heterocycles. The van der Waals surface area contributed by atoms with E-state index in [9.17, 15) is 8.42 Å². The molecule has 0 saturated carbocycles. The second-order valence-corrected chi connectivity index (χ2v) is 8.17. The molecular formula is C18H18N4O5S. The number of sulfonamides is 1. The average molecular weight is 402 g/mol. The third-order valence-electron chi connectivity index (χ3n) is 4.57. The summed E-state index contributed by atoms with van der Waals surface area (Å²) in [7, 11) is -0.688. The highest BCUT2D eigenvalue weighted by Crippen LogP contribution is 2.35. The largest absolute Gasteiger partial charge is 0.493 e. The number of aromatic nitrogens is 3. The molecule has 3 aromatic rings. The zero-order valence-corrected chi connectivity index (χ0v) is 16.1. The van der Waals surface area contributed by atoms with Crippen LogP contribution in [0.3, 0.4) is 0 Å². The minimum absolute atomic E-state index is 0.141. The summed E-state index contributed by atoms with van der Waals surface area (Å²) in [5, 5.41) is 3.96. The van der Waals surface area contributed by atoms with Crippen molar-refractivity contribution >= 4 is 10.0 Å². The standard InChI is InChI=1S/C18H18N4O5S/c1-25-15-4-3-14(9-16(15)26-2)28(23,24)22-10-13(11-22)18-20-17(21-27-18)12-5-7-19-8-6-12/h3-9,13H,10-11H2,1-2H3. The van der Waals surface area contributed by atoms with Crippen molar-refractivity contribution in [3.63, 3.8) is 0 Å². The molecule has 0 atom stereocenters. The van der Waals surface area contributed by atoms with Gasteiger partial charge in [-0.25, -0.2) is 8.42 Å². The number of methoxy groups -OCH3 is 2. The van der Waals surface area contributed by atoms with Crippen molar-refractivity contribution in [3.05, 3.63) is 48.6 Å². The van der Waals surface area contributed by atoms with Gasteiger partial charge in [-0.05, 0) is 24.3 Å². The zero-order valence-electron chi connectivity index (χ0n) is 15.3. The number of nitrogens with zero attached hydrogens (tertiary/aromatic N) is 4. The van der Waals surface area contributed by atoms with E-state index in [-0.39, 0.29) is 23.9 Å². The summed E-state index contributed by atoms with van der Waals surface area (Å²) < 4.78 is 42.7. The van der Waals surface area contributed by atoms with Gasteiger partial charge in [0.2, 0.25) is 21.7 Å². The predicted molar refractivity (Wildman–Crippen MR) is 98.6 cm³/mol. The van der Waals surface area contributed by atoms with Crippen LogP contribution in [0, 0.1) is 0 Å². The number of hydrogen-bond donors (Lipinski definition) is 0. The fraction of sp³-hybridized carbons (Fsp3) is 0.278. The molecule has 0 bridgehead atoms. The van der Waals surface area contributed by atoms with Gasteiger partial charge in [0.15, 0.2) is 11.5 Å². The van der Waals surface area contributed by atoms with Gasteiger partial charge in [-0.3, -0.25) is 4.98 Å². The van der Waals surface area contributed by atoms with Gasteiger partial charge >= 0.3 is 0 Å². The first kappa shape index (κ1) is 18.4. The predicted octanol–water partition coefficient (Wildman–Crippen LogP) is 1.94. The third kappa shape index (κ3) is 3.20. The van der Waals surface area contributed by atoms with E-state index in [1.807, 2.05) is 0 Å². The number of pyridine rings is 1. The van der Waals surface area contributed by atoms with Crippen LogP contribution in [0.4, 0.5) is 0 Å². The number of rotatable bonds is 6. The van der Waals surface area contributed by atoms with E-state index in [1.165, 1.54) is 30.7 Å². The van der Waals surface area contributed by atoms with Crippen LogP contribution in [0.5, 0.6) is 11.5 Å². The minimum atomic E-state index is -3.65. The average Bonchev–Trinajstić information content (AvgIpc) is 3.16. The molecule has 1 aromatic carbocycles. The van der Waals surface area contributed by atoms with Crippen LogP contribution in [0.15, 0.2) is 52.1 Å². The van der Waals surface area contributed by atoms with Crippen LogP contribution in [0.2, 0.25) is 0 Å². The molecule has 1 aliphatic rings. The Morgan fingerprint density at radius 3 is 2.46 bits per heavy atom. The first-order valence-electron chi connectivity index (χ1n) is 8.49. The van der Waals surface area contributed by atoms with Crippen molar-refractivity contribution in [2.75, 3.05) is 27.3 Å². The molecule has 4 rings (SSSR count). The van der Waals surface area contributed by atoms with Gasteiger partial charge in [0, 0.05) is 37.1 Å². The molecule has 0 aliphatic carbocycles. The topological polar surface area (TPSA) is 108 Å².